The minimum Gasteiger partial charge on any atom is -0.744 e. The second kappa shape index (κ2) is 6.54. The van der Waals surface area contributed by atoms with Crippen LogP contribution >= 0.6 is 0 Å². The summed E-state index contributed by atoms with van der Waals surface area (Å²) < 4.78 is 32.9. The first kappa shape index (κ1) is 16.9. The van der Waals surface area contributed by atoms with E-state index in [1.807, 2.05) is 18.2 Å². The molecule has 2 aromatic rings. The van der Waals surface area contributed by atoms with Crippen molar-refractivity contribution in [2.75, 3.05) is 5.01 Å². The minimum absolute atomic E-state index is 0.342. The van der Waals surface area contributed by atoms with Gasteiger partial charge in [-0.1, -0.05) is 18.2 Å². The average molecular weight is 357 g/mol. The van der Waals surface area contributed by atoms with Crippen molar-refractivity contribution in [3.8, 4) is 0 Å². The van der Waals surface area contributed by atoms with Gasteiger partial charge in [-0.25, -0.2) is 8.42 Å². The van der Waals surface area contributed by atoms with Crippen molar-refractivity contribution in [1.29, 1.82) is 0 Å². The molecule has 0 spiro atoms. The van der Waals surface area contributed by atoms with Gasteiger partial charge in [-0.3, -0.25) is 4.79 Å². The summed E-state index contributed by atoms with van der Waals surface area (Å²) in [7, 11) is -4.54. The summed E-state index contributed by atoms with van der Waals surface area (Å²) >= 11 is 0. The fraction of sp³-hybridized carbons (Fsp3) is 0.125. The molecule has 2 aromatic carbocycles. The Labute approximate surface area is 144 Å². The molecule has 1 unspecified atom stereocenters. The van der Waals surface area contributed by atoms with E-state index in [4.69, 9.17) is 0 Å². The van der Waals surface area contributed by atoms with E-state index < -0.39 is 22.1 Å². The summed E-state index contributed by atoms with van der Waals surface area (Å²) in [4.78, 5) is 12.1. The zero-order chi connectivity index (χ0) is 18.0. The monoisotopic (exact) mass is 357 g/mol. The maximum absolute atomic E-state index is 12.5. The number of hydrogen-bond donors (Lipinski definition) is 0. The molecule has 1 amide bonds. The number of nitrogens with zero attached hydrogens (tertiary/aromatic N) is 4. The van der Waals surface area contributed by atoms with E-state index in [1.54, 1.807) is 19.1 Å². The average Bonchev–Trinajstić information content (AvgIpc) is 2.87. The summed E-state index contributed by atoms with van der Waals surface area (Å²) in [6.45, 7) is 1.66. The number of carbonyl (C=O) groups is 1. The molecule has 1 aliphatic heterocycles. The molecule has 8 nitrogen and oxygen atoms in total. The molecule has 128 valence electrons. The molecule has 1 aliphatic rings. The molecule has 0 fully saturated rings. The summed E-state index contributed by atoms with van der Waals surface area (Å²) in [5.74, 6) is -0.407. The molecule has 0 aliphatic carbocycles. The van der Waals surface area contributed by atoms with Gasteiger partial charge in [0.1, 0.15) is 10.1 Å². The van der Waals surface area contributed by atoms with E-state index in [2.05, 4.69) is 15.3 Å². The van der Waals surface area contributed by atoms with Gasteiger partial charge in [0.05, 0.1) is 22.0 Å². The van der Waals surface area contributed by atoms with E-state index in [1.165, 1.54) is 12.1 Å². The van der Waals surface area contributed by atoms with Crippen LogP contribution < -0.4 is 5.01 Å². The Bertz CT molecular complexity index is 953. The Balaban J connectivity index is 1.81. The normalized spacial score (nSPS) is 18.0. The first-order chi connectivity index (χ1) is 11.9. The molecular formula is C16H13N4O4S-. The number of azo groups is 1. The molecule has 0 N–H and O–H groups in total. The summed E-state index contributed by atoms with van der Waals surface area (Å²) in [6, 6.07) is 13.1. The maximum atomic E-state index is 12.5. The van der Waals surface area contributed by atoms with Gasteiger partial charge in [-0.15, -0.1) is 0 Å². The van der Waals surface area contributed by atoms with E-state index in [-0.39, 0.29) is 4.90 Å². The highest BCUT2D eigenvalue weighted by atomic mass is 32.2. The lowest BCUT2D eigenvalue weighted by Gasteiger charge is -2.14. The van der Waals surface area contributed by atoms with Gasteiger partial charge >= 0.3 is 0 Å². The van der Waals surface area contributed by atoms with Gasteiger partial charge in [0.2, 0.25) is 0 Å². The maximum Gasteiger partial charge on any atom is 0.280 e. The Kier molecular flexibility index (Phi) is 4.43. The third kappa shape index (κ3) is 3.62. The number of carbonyl (C=O) groups excluding carboxylic acids is 1. The van der Waals surface area contributed by atoms with Gasteiger partial charge in [-0.05, 0) is 43.3 Å². The number of hydrogen-bond acceptors (Lipinski definition) is 7. The lowest BCUT2D eigenvalue weighted by Crippen LogP contribution is -2.29. The Morgan fingerprint density at radius 2 is 1.72 bits per heavy atom. The van der Waals surface area contributed by atoms with Crippen molar-refractivity contribution in [2.24, 2.45) is 15.3 Å². The number of hydrazone groups is 1. The lowest BCUT2D eigenvalue weighted by molar-refractivity contribution is -0.117. The first-order valence-electron chi connectivity index (χ1n) is 7.27. The summed E-state index contributed by atoms with van der Waals surface area (Å²) in [5, 5.41) is 13.3. The number of anilines is 1. The third-order valence-electron chi connectivity index (χ3n) is 3.51. The third-order valence-corrected chi connectivity index (χ3v) is 4.36. The highest BCUT2D eigenvalue weighted by Gasteiger charge is 2.34. The van der Waals surface area contributed by atoms with E-state index in [0.29, 0.717) is 17.1 Å². The molecular weight excluding hydrogens is 344 g/mol. The SMILES string of the molecule is CC1=NN(c2ccc(S(=O)(=O)[O-])cc2)C(=O)C1N=Nc1ccccc1. The molecule has 0 radical (unpaired) electrons. The molecule has 0 bridgehead atoms. The molecule has 25 heavy (non-hydrogen) atoms. The van der Waals surface area contributed by atoms with Crippen LogP contribution in [0.3, 0.4) is 0 Å². The van der Waals surface area contributed by atoms with Gasteiger partial charge < -0.3 is 4.55 Å². The standard InChI is InChI=1S/C16H14N4O4S/c1-11-15(18-17-12-5-3-2-4-6-12)16(21)20(19-11)13-7-9-14(10-8-13)25(22,23)24/h2-10,15H,1H3,(H,22,23,24)/p-1. The summed E-state index contributed by atoms with van der Waals surface area (Å²) in [6.07, 6.45) is 0. The Morgan fingerprint density at radius 1 is 1.08 bits per heavy atom. The fourth-order valence-corrected chi connectivity index (χ4v) is 2.72. The molecule has 0 aromatic heterocycles. The van der Waals surface area contributed by atoms with Crippen molar-refractivity contribution in [3.63, 3.8) is 0 Å². The Morgan fingerprint density at radius 3 is 2.32 bits per heavy atom. The second-order valence-electron chi connectivity index (χ2n) is 5.29. The van der Waals surface area contributed by atoms with Crippen LogP contribution in [-0.2, 0) is 14.9 Å². The van der Waals surface area contributed by atoms with Crippen LogP contribution in [0.4, 0.5) is 11.4 Å². The second-order valence-corrected chi connectivity index (χ2v) is 6.67. The van der Waals surface area contributed by atoms with Gasteiger partial charge in [0.15, 0.2) is 6.04 Å². The van der Waals surface area contributed by atoms with Crippen molar-refractivity contribution >= 4 is 33.1 Å². The van der Waals surface area contributed by atoms with Crippen LogP contribution in [0.1, 0.15) is 6.92 Å². The van der Waals surface area contributed by atoms with Crippen LogP contribution in [-0.4, -0.2) is 30.6 Å². The van der Waals surface area contributed by atoms with Gasteiger partial charge in [-0.2, -0.15) is 20.3 Å². The van der Waals surface area contributed by atoms with Crippen LogP contribution in [0, 0.1) is 0 Å². The Hall–Kier alpha value is -2.91. The van der Waals surface area contributed by atoms with E-state index in [9.17, 15) is 17.8 Å². The highest BCUT2D eigenvalue weighted by Crippen LogP contribution is 2.24. The number of benzene rings is 2. The van der Waals surface area contributed by atoms with Crippen molar-refractivity contribution in [2.45, 2.75) is 17.9 Å². The van der Waals surface area contributed by atoms with Gasteiger partial charge in [0.25, 0.3) is 5.91 Å². The van der Waals surface area contributed by atoms with Crippen LogP contribution in [0.25, 0.3) is 0 Å². The first-order valence-corrected chi connectivity index (χ1v) is 8.68. The van der Waals surface area contributed by atoms with E-state index in [0.717, 1.165) is 17.1 Å². The van der Waals surface area contributed by atoms with Gasteiger partial charge in [0, 0.05) is 0 Å². The quantitative estimate of drug-likeness (QED) is 0.617. The molecule has 9 heteroatoms. The minimum atomic E-state index is -4.54. The molecule has 0 saturated carbocycles. The largest absolute Gasteiger partial charge is 0.744 e. The number of amides is 1. The zero-order valence-electron chi connectivity index (χ0n) is 13.1. The van der Waals surface area contributed by atoms with Crippen LogP contribution in [0.2, 0.25) is 0 Å². The number of rotatable bonds is 4. The van der Waals surface area contributed by atoms with E-state index >= 15 is 0 Å². The summed E-state index contributed by atoms with van der Waals surface area (Å²) in [5.41, 5.74) is 1.42. The predicted octanol–water partition coefficient (Wildman–Crippen LogP) is 2.47. The molecule has 0 saturated heterocycles. The molecule has 3 rings (SSSR count). The smallest absolute Gasteiger partial charge is 0.280 e. The van der Waals surface area contributed by atoms with Crippen LogP contribution in [0.5, 0.6) is 0 Å². The van der Waals surface area contributed by atoms with Crippen molar-refractivity contribution in [1.82, 2.24) is 0 Å². The molecule has 1 atom stereocenters. The predicted molar refractivity (Wildman–Crippen MR) is 89.7 cm³/mol. The van der Waals surface area contributed by atoms with Crippen LogP contribution in [0.15, 0.2) is 74.8 Å². The van der Waals surface area contributed by atoms with Crippen molar-refractivity contribution in [3.05, 3.63) is 54.6 Å². The lowest BCUT2D eigenvalue weighted by atomic mass is 10.2. The molecule has 1 heterocycles. The highest BCUT2D eigenvalue weighted by molar-refractivity contribution is 7.85. The van der Waals surface area contributed by atoms with Crippen molar-refractivity contribution < 1.29 is 17.8 Å². The topological polar surface area (TPSA) is 115 Å². The fourth-order valence-electron chi connectivity index (χ4n) is 2.25. The zero-order valence-corrected chi connectivity index (χ0v) is 13.9.